The lowest BCUT2D eigenvalue weighted by Gasteiger charge is -2.51. The first-order valence-electron chi connectivity index (χ1n) is 12.8. The van der Waals surface area contributed by atoms with Crippen molar-refractivity contribution in [2.75, 3.05) is 40.3 Å². The molecule has 4 rings (SSSR count). The minimum absolute atomic E-state index is 0.00220. The van der Waals surface area contributed by atoms with Crippen LogP contribution in [0.3, 0.4) is 0 Å². The van der Waals surface area contributed by atoms with Crippen molar-refractivity contribution in [3.8, 4) is 0 Å². The Hall–Kier alpha value is -2.12. The number of carbonyl (C=O) groups excluding carboxylic acids is 2. The van der Waals surface area contributed by atoms with E-state index >= 15 is 0 Å². The minimum atomic E-state index is -0.974. The quantitative estimate of drug-likeness (QED) is 0.612. The summed E-state index contributed by atoms with van der Waals surface area (Å²) in [5, 5.41) is 12.7. The normalized spacial score (nSPS) is 28.0. The van der Waals surface area contributed by atoms with Crippen LogP contribution in [0.25, 0.3) is 0 Å². The average molecular weight is 471 g/mol. The molecule has 1 aromatic rings. The Morgan fingerprint density at radius 3 is 2.32 bits per heavy atom. The molecule has 0 unspecified atom stereocenters. The van der Waals surface area contributed by atoms with Crippen molar-refractivity contribution in [2.45, 2.75) is 75.5 Å². The SMILES string of the molecule is CN(C)[C@]1(c2ccccc2)CC[C@@]2(CC1)CN(CC(=O)NCC(C)(C)O)C(=O)N2CC1CCC1. The van der Waals surface area contributed by atoms with E-state index in [0.717, 1.165) is 32.2 Å². The number of carbonyl (C=O) groups is 2. The fourth-order valence-corrected chi connectivity index (χ4v) is 6.05. The summed E-state index contributed by atoms with van der Waals surface area (Å²) >= 11 is 0. The van der Waals surface area contributed by atoms with Gasteiger partial charge < -0.3 is 20.2 Å². The molecule has 188 valence electrons. The van der Waals surface area contributed by atoms with Crippen LogP contribution in [0.5, 0.6) is 0 Å². The summed E-state index contributed by atoms with van der Waals surface area (Å²) in [4.78, 5) is 32.4. The zero-order valence-electron chi connectivity index (χ0n) is 21.3. The van der Waals surface area contributed by atoms with Crippen LogP contribution >= 0.6 is 0 Å². The molecule has 3 aliphatic rings. The van der Waals surface area contributed by atoms with Crippen molar-refractivity contribution in [3.05, 3.63) is 35.9 Å². The number of benzene rings is 1. The molecule has 1 aliphatic heterocycles. The maximum Gasteiger partial charge on any atom is 0.321 e. The fourth-order valence-electron chi connectivity index (χ4n) is 6.05. The van der Waals surface area contributed by atoms with Gasteiger partial charge in [-0.15, -0.1) is 0 Å². The van der Waals surface area contributed by atoms with E-state index in [9.17, 15) is 14.7 Å². The molecule has 2 N–H and O–H groups in total. The van der Waals surface area contributed by atoms with E-state index < -0.39 is 5.60 Å². The van der Waals surface area contributed by atoms with Crippen LogP contribution < -0.4 is 5.32 Å². The van der Waals surface area contributed by atoms with Gasteiger partial charge in [-0.3, -0.25) is 9.69 Å². The van der Waals surface area contributed by atoms with Crippen molar-refractivity contribution >= 4 is 11.9 Å². The molecule has 2 aliphatic carbocycles. The Balaban J connectivity index is 1.52. The molecule has 1 heterocycles. The third-order valence-corrected chi connectivity index (χ3v) is 8.45. The number of nitrogens with one attached hydrogen (secondary N) is 1. The molecule has 0 radical (unpaired) electrons. The number of hydrogen-bond acceptors (Lipinski definition) is 4. The largest absolute Gasteiger partial charge is 0.389 e. The van der Waals surface area contributed by atoms with Crippen LogP contribution in [0.2, 0.25) is 0 Å². The number of nitrogens with zero attached hydrogens (tertiary/aromatic N) is 3. The van der Waals surface area contributed by atoms with E-state index in [0.29, 0.717) is 12.5 Å². The van der Waals surface area contributed by atoms with E-state index in [4.69, 9.17) is 0 Å². The molecule has 34 heavy (non-hydrogen) atoms. The van der Waals surface area contributed by atoms with E-state index in [1.165, 1.54) is 24.8 Å². The number of rotatable bonds is 8. The monoisotopic (exact) mass is 470 g/mol. The van der Waals surface area contributed by atoms with Gasteiger partial charge in [0.1, 0.15) is 6.54 Å². The Kier molecular flexibility index (Phi) is 6.98. The van der Waals surface area contributed by atoms with Crippen molar-refractivity contribution < 1.29 is 14.7 Å². The summed E-state index contributed by atoms with van der Waals surface area (Å²) in [6, 6.07) is 10.7. The summed E-state index contributed by atoms with van der Waals surface area (Å²) in [6.45, 7) is 4.96. The summed E-state index contributed by atoms with van der Waals surface area (Å²) in [7, 11) is 4.33. The maximum absolute atomic E-state index is 13.6. The molecular weight excluding hydrogens is 428 g/mol. The zero-order valence-corrected chi connectivity index (χ0v) is 21.3. The summed E-state index contributed by atoms with van der Waals surface area (Å²) < 4.78 is 0. The van der Waals surface area contributed by atoms with E-state index in [1.54, 1.807) is 18.7 Å². The molecule has 1 spiro atoms. The van der Waals surface area contributed by atoms with E-state index in [1.807, 2.05) is 0 Å². The molecule has 1 aromatic carbocycles. The molecule has 2 saturated carbocycles. The predicted molar refractivity (Wildman–Crippen MR) is 133 cm³/mol. The van der Waals surface area contributed by atoms with Crippen molar-refractivity contribution in [2.24, 2.45) is 5.92 Å². The highest BCUT2D eigenvalue weighted by Gasteiger charge is 2.55. The topological polar surface area (TPSA) is 76.1 Å². The summed E-state index contributed by atoms with van der Waals surface area (Å²) in [6.07, 6.45) is 7.46. The highest BCUT2D eigenvalue weighted by Crippen LogP contribution is 2.49. The number of aliphatic hydroxyl groups is 1. The molecule has 0 aromatic heterocycles. The van der Waals surface area contributed by atoms with Crippen LogP contribution in [0.15, 0.2) is 30.3 Å². The number of hydrogen-bond donors (Lipinski definition) is 2. The molecule has 7 heteroatoms. The fraction of sp³-hybridized carbons (Fsp3) is 0.704. The van der Waals surface area contributed by atoms with E-state index in [-0.39, 0.29) is 36.1 Å². The van der Waals surface area contributed by atoms with Gasteiger partial charge in [0.05, 0.1) is 11.1 Å². The summed E-state index contributed by atoms with van der Waals surface area (Å²) in [5.41, 5.74) is 0.123. The molecule has 7 nitrogen and oxygen atoms in total. The second-order valence-corrected chi connectivity index (χ2v) is 11.7. The lowest BCUT2D eigenvalue weighted by molar-refractivity contribution is -0.122. The standard InChI is InChI=1S/C27H42N4O3/c1-25(2,34)19-28-23(32)18-30-20-26(31(24(30)33)17-21-9-8-10-21)13-15-27(16-14-26,29(3)4)22-11-6-5-7-12-22/h5-7,11-12,21,34H,8-10,13-20H2,1-4H3,(H,28,32)/t26-,27-. The lowest BCUT2D eigenvalue weighted by Crippen LogP contribution is -2.56. The molecular formula is C27H42N4O3. The molecule has 0 atom stereocenters. The smallest absolute Gasteiger partial charge is 0.321 e. The Morgan fingerprint density at radius 2 is 1.79 bits per heavy atom. The van der Waals surface area contributed by atoms with Crippen LogP contribution in [0, 0.1) is 5.92 Å². The Labute approximate surface area is 204 Å². The first-order chi connectivity index (χ1) is 16.0. The van der Waals surface area contributed by atoms with Crippen molar-refractivity contribution in [1.29, 1.82) is 0 Å². The van der Waals surface area contributed by atoms with Gasteiger partial charge in [-0.2, -0.15) is 0 Å². The van der Waals surface area contributed by atoms with Gasteiger partial charge in [0, 0.05) is 25.2 Å². The van der Waals surface area contributed by atoms with Gasteiger partial charge in [-0.1, -0.05) is 36.8 Å². The maximum atomic E-state index is 13.6. The molecule has 3 amide bonds. The van der Waals surface area contributed by atoms with Gasteiger partial charge in [-0.25, -0.2) is 4.79 Å². The zero-order chi connectivity index (χ0) is 24.6. The Morgan fingerprint density at radius 1 is 1.15 bits per heavy atom. The second-order valence-electron chi connectivity index (χ2n) is 11.7. The first-order valence-corrected chi connectivity index (χ1v) is 12.8. The molecule has 3 fully saturated rings. The van der Waals surface area contributed by atoms with Gasteiger partial charge >= 0.3 is 6.03 Å². The highest BCUT2D eigenvalue weighted by atomic mass is 16.3. The van der Waals surface area contributed by atoms with Crippen LogP contribution in [0.1, 0.15) is 64.4 Å². The average Bonchev–Trinajstić information content (AvgIpc) is 3.00. The molecule has 0 bridgehead atoms. The molecule has 1 saturated heterocycles. The van der Waals surface area contributed by atoms with Gasteiger partial charge in [0.2, 0.25) is 5.91 Å². The van der Waals surface area contributed by atoms with Crippen LogP contribution in [0.4, 0.5) is 4.79 Å². The third-order valence-electron chi connectivity index (χ3n) is 8.45. The van der Waals surface area contributed by atoms with Crippen LogP contribution in [-0.4, -0.2) is 83.2 Å². The van der Waals surface area contributed by atoms with E-state index in [2.05, 4.69) is 59.5 Å². The van der Waals surface area contributed by atoms with Gasteiger partial charge in [0.25, 0.3) is 0 Å². The van der Waals surface area contributed by atoms with Gasteiger partial charge in [-0.05, 0) is 77.9 Å². The third kappa shape index (κ3) is 4.96. The first kappa shape index (κ1) is 25.0. The van der Waals surface area contributed by atoms with Gasteiger partial charge in [0.15, 0.2) is 0 Å². The predicted octanol–water partition coefficient (Wildman–Crippen LogP) is 3.18. The summed E-state index contributed by atoms with van der Waals surface area (Å²) in [5.74, 6) is 0.373. The Bertz CT molecular complexity index is 868. The van der Waals surface area contributed by atoms with Crippen molar-refractivity contribution in [3.63, 3.8) is 0 Å². The minimum Gasteiger partial charge on any atom is -0.389 e. The number of urea groups is 1. The second kappa shape index (κ2) is 9.50. The highest BCUT2D eigenvalue weighted by molar-refractivity contribution is 5.86. The lowest BCUT2D eigenvalue weighted by atomic mass is 9.68. The number of amides is 3. The van der Waals surface area contributed by atoms with Crippen LogP contribution in [-0.2, 0) is 10.3 Å². The van der Waals surface area contributed by atoms with Crippen molar-refractivity contribution in [1.82, 2.24) is 20.0 Å².